The number of amides is 2. The van der Waals surface area contributed by atoms with Crippen molar-refractivity contribution in [3.8, 4) is 5.75 Å². The molecule has 13 heteroatoms. The number of benzene rings is 1. The highest BCUT2D eigenvalue weighted by Gasteiger charge is 2.37. The second-order valence-corrected chi connectivity index (χ2v) is 6.24. The summed E-state index contributed by atoms with van der Waals surface area (Å²) in [7, 11) is 0. The number of nitrogens with zero attached hydrogens (tertiary/aromatic N) is 2. The molecule has 1 fully saturated rings. The number of piperazine rings is 1. The van der Waals surface area contributed by atoms with Gasteiger partial charge in [0, 0.05) is 26.1 Å². The van der Waals surface area contributed by atoms with Gasteiger partial charge in [-0.25, -0.2) is 9.59 Å². The molecule has 2 rings (SSSR count). The molecule has 29 heavy (non-hydrogen) atoms. The standard InChI is InChI=1S/C16H16F6N2O5/c17-15(18,19)9-5-10(16(20,21)22)7-12(6-9)29-4-1-11-8-23(13(25)26)2-3-24(11)14(27)28/h5-7,11H,1-4,8H2,(H,25,26)(H,27,28)/t11-/m1/s1. The van der Waals surface area contributed by atoms with Crippen molar-refractivity contribution in [2.75, 3.05) is 26.2 Å². The van der Waals surface area contributed by atoms with Crippen molar-refractivity contribution in [2.24, 2.45) is 0 Å². The molecule has 2 amide bonds. The molecule has 1 aromatic carbocycles. The second kappa shape index (κ2) is 8.25. The fraction of sp³-hybridized carbons (Fsp3) is 0.500. The van der Waals surface area contributed by atoms with Crippen molar-refractivity contribution >= 4 is 12.2 Å². The number of ether oxygens (including phenoxy) is 1. The molecule has 162 valence electrons. The van der Waals surface area contributed by atoms with Crippen molar-refractivity contribution < 1.29 is 50.9 Å². The summed E-state index contributed by atoms with van der Waals surface area (Å²) in [6.07, 6.45) is -12.8. The van der Waals surface area contributed by atoms with Gasteiger partial charge in [0.15, 0.2) is 0 Å². The minimum Gasteiger partial charge on any atom is -0.493 e. The summed E-state index contributed by atoms with van der Waals surface area (Å²) < 4.78 is 82.1. The SMILES string of the molecule is O=C(O)N1CCN(C(=O)O)[C@H](CCOc2cc(C(F)(F)F)cc(C(F)(F)F)c2)C1. The average molecular weight is 430 g/mol. The Kier molecular flexibility index (Phi) is 6.38. The van der Waals surface area contributed by atoms with Crippen molar-refractivity contribution in [1.29, 1.82) is 0 Å². The summed E-state index contributed by atoms with van der Waals surface area (Å²) in [5, 5.41) is 18.2. The molecule has 0 spiro atoms. The van der Waals surface area contributed by atoms with Crippen LogP contribution in [-0.4, -0.2) is 64.5 Å². The van der Waals surface area contributed by atoms with Crippen LogP contribution < -0.4 is 4.74 Å². The van der Waals surface area contributed by atoms with Crippen LogP contribution in [0.3, 0.4) is 0 Å². The minimum absolute atomic E-state index is 0.0368. The molecule has 0 aromatic heterocycles. The van der Waals surface area contributed by atoms with E-state index >= 15 is 0 Å². The molecule has 7 nitrogen and oxygen atoms in total. The zero-order valence-corrected chi connectivity index (χ0v) is 14.6. The zero-order valence-electron chi connectivity index (χ0n) is 14.6. The van der Waals surface area contributed by atoms with Gasteiger partial charge in [0.1, 0.15) is 5.75 Å². The summed E-state index contributed by atoms with van der Waals surface area (Å²) in [5.74, 6) is -0.681. The highest BCUT2D eigenvalue weighted by molar-refractivity contribution is 5.68. The lowest BCUT2D eigenvalue weighted by Gasteiger charge is -2.38. The van der Waals surface area contributed by atoms with Gasteiger partial charge in [-0.1, -0.05) is 0 Å². The first-order chi connectivity index (χ1) is 13.3. The van der Waals surface area contributed by atoms with Crippen LogP contribution in [0.1, 0.15) is 17.5 Å². The fourth-order valence-corrected chi connectivity index (χ4v) is 2.85. The van der Waals surface area contributed by atoms with Crippen LogP contribution in [0.4, 0.5) is 35.9 Å². The molecule has 1 aliphatic heterocycles. The topological polar surface area (TPSA) is 90.3 Å². The van der Waals surface area contributed by atoms with Gasteiger partial charge in [0.05, 0.1) is 23.8 Å². The number of hydrogen-bond donors (Lipinski definition) is 2. The molecule has 0 aliphatic carbocycles. The van der Waals surface area contributed by atoms with Crippen molar-refractivity contribution in [3.05, 3.63) is 29.3 Å². The lowest BCUT2D eigenvalue weighted by molar-refractivity contribution is -0.143. The van der Waals surface area contributed by atoms with Crippen LogP contribution in [0, 0.1) is 0 Å². The summed E-state index contributed by atoms with van der Waals surface area (Å²) in [6.45, 7) is -0.780. The van der Waals surface area contributed by atoms with Crippen molar-refractivity contribution in [1.82, 2.24) is 9.80 Å². The first-order valence-corrected chi connectivity index (χ1v) is 8.18. The van der Waals surface area contributed by atoms with Crippen LogP contribution in [0.2, 0.25) is 0 Å². The largest absolute Gasteiger partial charge is 0.493 e. The lowest BCUT2D eigenvalue weighted by atomic mass is 10.1. The monoisotopic (exact) mass is 430 g/mol. The highest BCUT2D eigenvalue weighted by Crippen LogP contribution is 2.38. The predicted octanol–water partition coefficient (Wildman–Crippen LogP) is 3.84. The quantitative estimate of drug-likeness (QED) is 0.709. The Morgan fingerprint density at radius 1 is 0.966 bits per heavy atom. The van der Waals surface area contributed by atoms with E-state index in [0.717, 1.165) is 9.80 Å². The van der Waals surface area contributed by atoms with Crippen LogP contribution in [0.25, 0.3) is 0 Å². The molecular formula is C16H16F6N2O5. The normalized spacial score (nSPS) is 17.9. The van der Waals surface area contributed by atoms with Crippen LogP contribution in [0.5, 0.6) is 5.75 Å². The molecule has 0 radical (unpaired) electrons. The summed E-state index contributed by atoms with van der Waals surface area (Å²) in [4.78, 5) is 24.2. The maximum atomic E-state index is 12.9. The first kappa shape index (κ1) is 22.4. The first-order valence-electron chi connectivity index (χ1n) is 8.18. The maximum Gasteiger partial charge on any atom is 0.416 e. The summed E-state index contributed by atoms with van der Waals surface area (Å²) >= 11 is 0. The Labute approximate surface area is 160 Å². The third-order valence-corrected chi connectivity index (χ3v) is 4.28. The number of halogens is 6. The van der Waals surface area contributed by atoms with Gasteiger partial charge in [0.25, 0.3) is 0 Å². The predicted molar refractivity (Wildman–Crippen MR) is 84.7 cm³/mol. The maximum absolute atomic E-state index is 12.9. The summed E-state index contributed by atoms with van der Waals surface area (Å²) in [6, 6.07) is -0.0704. The average Bonchev–Trinajstić information content (AvgIpc) is 2.59. The Morgan fingerprint density at radius 2 is 1.52 bits per heavy atom. The molecular weight excluding hydrogens is 414 g/mol. The van der Waals surface area contributed by atoms with E-state index in [4.69, 9.17) is 9.84 Å². The molecule has 1 aromatic rings. The Morgan fingerprint density at radius 3 is 1.97 bits per heavy atom. The molecule has 0 bridgehead atoms. The van der Waals surface area contributed by atoms with E-state index in [2.05, 4.69) is 0 Å². The molecule has 1 aliphatic rings. The third-order valence-electron chi connectivity index (χ3n) is 4.28. The van der Waals surface area contributed by atoms with Gasteiger partial charge >= 0.3 is 24.5 Å². The number of carboxylic acid groups (broad SMARTS) is 2. The number of rotatable bonds is 4. The Hall–Kier alpha value is -2.86. The Balaban J connectivity index is 2.13. The van der Waals surface area contributed by atoms with E-state index in [1.54, 1.807) is 0 Å². The summed E-state index contributed by atoms with van der Waals surface area (Å²) in [5.41, 5.74) is -3.08. The van der Waals surface area contributed by atoms with Gasteiger partial charge in [-0.05, 0) is 18.2 Å². The van der Waals surface area contributed by atoms with E-state index in [1.807, 2.05) is 0 Å². The fourth-order valence-electron chi connectivity index (χ4n) is 2.85. The van der Waals surface area contributed by atoms with Crippen LogP contribution in [0.15, 0.2) is 18.2 Å². The second-order valence-electron chi connectivity index (χ2n) is 6.24. The van der Waals surface area contributed by atoms with E-state index in [9.17, 15) is 41.0 Å². The van der Waals surface area contributed by atoms with Crippen LogP contribution in [-0.2, 0) is 12.4 Å². The molecule has 2 N–H and O–H groups in total. The minimum atomic E-state index is -5.02. The number of hydrogen-bond acceptors (Lipinski definition) is 3. The van der Waals surface area contributed by atoms with Crippen molar-refractivity contribution in [3.63, 3.8) is 0 Å². The molecule has 1 atom stereocenters. The lowest BCUT2D eigenvalue weighted by Crippen LogP contribution is -2.56. The van der Waals surface area contributed by atoms with Gasteiger partial charge in [0.2, 0.25) is 0 Å². The van der Waals surface area contributed by atoms with E-state index in [-0.39, 0.29) is 32.1 Å². The highest BCUT2D eigenvalue weighted by atomic mass is 19.4. The number of carbonyl (C=O) groups is 2. The van der Waals surface area contributed by atoms with E-state index in [0.29, 0.717) is 12.1 Å². The molecule has 1 heterocycles. The molecule has 0 unspecified atom stereocenters. The van der Waals surface area contributed by atoms with E-state index < -0.39 is 54.1 Å². The van der Waals surface area contributed by atoms with Crippen molar-refractivity contribution in [2.45, 2.75) is 24.8 Å². The van der Waals surface area contributed by atoms with Crippen LogP contribution >= 0.6 is 0 Å². The smallest absolute Gasteiger partial charge is 0.416 e. The molecule has 0 saturated carbocycles. The zero-order chi connectivity index (χ0) is 22.0. The molecule has 1 saturated heterocycles. The van der Waals surface area contributed by atoms with Gasteiger partial charge in [-0.2, -0.15) is 26.3 Å². The third kappa shape index (κ3) is 5.81. The van der Waals surface area contributed by atoms with Gasteiger partial charge in [-0.3, -0.25) is 0 Å². The number of alkyl halides is 6. The van der Waals surface area contributed by atoms with Gasteiger partial charge in [-0.15, -0.1) is 0 Å². The Bertz CT molecular complexity index is 735. The van der Waals surface area contributed by atoms with Gasteiger partial charge < -0.3 is 24.7 Å². The van der Waals surface area contributed by atoms with E-state index in [1.165, 1.54) is 0 Å².